The van der Waals surface area contributed by atoms with Gasteiger partial charge in [0.25, 0.3) is 0 Å². The second-order valence-electron chi connectivity index (χ2n) is 5.43. The SMILES string of the molecule is CC1=CC(C)=C(C)C1c1cc2cccnc2cc1C#N. The van der Waals surface area contributed by atoms with Crippen LogP contribution in [0.25, 0.3) is 10.9 Å². The second kappa shape index (κ2) is 4.61. The molecule has 1 aliphatic carbocycles. The molecule has 1 unspecified atom stereocenters. The summed E-state index contributed by atoms with van der Waals surface area (Å²) in [6, 6.07) is 10.3. The molecule has 0 N–H and O–H groups in total. The molecule has 20 heavy (non-hydrogen) atoms. The lowest BCUT2D eigenvalue weighted by Gasteiger charge is -2.17. The number of hydrogen-bond acceptors (Lipinski definition) is 2. The number of rotatable bonds is 1. The molecule has 0 aliphatic heterocycles. The van der Waals surface area contributed by atoms with Crippen molar-refractivity contribution in [3.63, 3.8) is 0 Å². The van der Waals surface area contributed by atoms with Crippen molar-refractivity contribution in [2.75, 3.05) is 0 Å². The molecule has 98 valence electrons. The van der Waals surface area contributed by atoms with Crippen LogP contribution in [0, 0.1) is 11.3 Å². The van der Waals surface area contributed by atoms with Crippen LogP contribution in [0.3, 0.4) is 0 Å². The lowest BCUT2D eigenvalue weighted by molar-refractivity contribution is 0.936. The summed E-state index contributed by atoms with van der Waals surface area (Å²) in [5.74, 6) is 0.231. The van der Waals surface area contributed by atoms with Crippen molar-refractivity contribution in [2.45, 2.75) is 26.7 Å². The summed E-state index contributed by atoms with van der Waals surface area (Å²) in [6.07, 6.45) is 3.98. The van der Waals surface area contributed by atoms with E-state index in [2.05, 4.69) is 44.0 Å². The Labute approximate surface area is 119 Å². The zero-order valence-corrected chi connectivity index (χ0v) is 11.9. The van der Waals surface area contributed by atoms with Gasteiger partial charge in [0.05, 0.1) is 17.1 Å². The largest absolute Gasteiger partial charge is 0.256 e. The summed E-state index contributed by atoms with van der Waals surface area (Å²) in [4.78, 5) is 4.33. The fourth-order valence-electron chi connectivity index (χ4n) is 3.06. The molecular weight excluding hydrogens is 244 g/mol. The van der Waals surface area contributed by atoms with Gasteiger partial charge in [-0.2, -0.15) is 5.26 Å². The molecule has 0 fully saturated rings. The van der Waals surface area contributed by atoms with Gasteiger partial charge in [-0.15, -0.1) is 0 Å². The molecule has 3 rings (SSSR count). The van der Waals surface area contributed by atoms with E-state index in [1.165, 1.54) is 16.7 Å². The number of hydrogen-bond donors (Lipinski definition) is 0. The quantitative estimate of drug-likeness (QED) is 0.757. The van der Waals surface area contributed by atoms with Crippen molar-refractivity contribution < 1.29 is 0 Å². The van der Waals surface area contributed by atoms with E-state index < -0.39 is 0 Å². The van der Waals surface area contributed by atoms with E-state index in [-0.39, 0.29) is 5.92 Å². The van der Waals surface area contributed by atoms with Crippen LogP contribution in [0.15, 0.2) is 53.3 Å². The Morgan fingerprint density at radius 2 is 2.00 bits per heavy atom. The van der Waals surface area contributed by atoms with Gasteiger partial charge in [-0.3, -0.25) is 4.98 Å². The molecule has 0 radical (unpaired) electrons. The third-order valence-electron chi connectivity index (χ3n) is 4.16. The minimum absolute atomic E-state index is 0.231. The van der Waals surface area contributed by atoms with Gasteiger partial charge in [0.2, 0.25) is 0 Å². The molecule has 1 aromatic heterocycles. The summed E-state index contributed by atoms with van der Waals surface area (Å²) in [7, 11) is 0. The summed E-state index contributed by atoms with van der Waals surface area (Å²) in [5, 5.41) is 10.6. The monoisotopic (exact) mass is 260 g/mol. The maximum Gasteiger partial charge on any atom is 0.0995 e. The van der Waals surface area contributed by atoms with Gasteiger partial charge >= 0.3 is 0 Å². The average molecular weight is 260 g/mol. The molecule has 0 bridgehead atoms. The molecule has 2 nitrogen and oxygen atoms in total. The summed E-state index contributed by atoms with van der Waals surface area (Å²) < 4.78 is 0. The van der Waals surface area contributed by atoms with Gasteiger partial charge in [-0.25, -0.2) is 0 Å². The van der Waals surface area contributed by atoms with Crippen LogP contribution in [0.5, 0.6) is 0 Å². The molecule has 0 amide bonds. The number of fused-ring (bicyclic) bond motifs is 1. The van der Waals surface area contributed by atoms with Crippen LogP contribution in [0.1, 0.15) is 37.8 Å². The van der Waals surface area contributed by atoms with Gasteiger partial charge in [-0.1, -0.05) is 28.9 Å². The Kier molecular flexibility index (Phi) is 2.91. The van der Waals surface area contributed by atoms with Crippen molar-refractivity contribution in [2.24, 2.45) is 0 Å². The number of nitriles is 1. The van der Waals surface area contributed by atoms with E-state index in [4.69, 9.17) is 0 Å². The molecule has 1 aromatic carbocycles. The highest BCUT2D eigenvalue weighted by atomic mass is 14.6. The fourth-order valence-corrected chi connectivity index (χ4v) is 3.06. The van der Waals surface area contributed by atoms with Crippen LogP contribution in [-0.4, -0.2) is 4.98 Å². The maximum atomic E-state index is 9.46. The predicted molar refractivity (Wildman–Crippen MR) is 81.3 cm³/mol. The number of benzene rings is 1. The molecule has 2 heteroatoms. The van der Waals surface area contributed by atoms with E-state index in [1.54, 1.807) is 6.20 Å². The van der Waals surface area contributed by atoms with Gasteiger partial charge in [-0.05, 0) is 44.5 Å². The molecule has 1 atom stereocenters. The number of nitrogens with zero attached hydrogens (tertiary/aromatic N) is 2. The van der Waals surface area contributed by atoms with E-state index in [1.807, 2.05) is 18.2 Å². The first kappa shape index (κ1) is 12.6. The van der Waals surface area contributed by atoms with Gasteiger partial charge in [0.15, 0.2) is 0 Å². The van der Waals surface area contributed by atoms with E-state index in [0.717, 1.165) is 22.0 Å². The highest BCUT2D eigenvalue weighted by Gasteiger charge is 2.24. The molecule has 0 saturated heterocycles. The zero-order valence-electron chi connectivity index (χ0n) is 11.9. The topological polar surface area (TPSA) is 36.7 Å². The molecule has 1 aliphatic rings. The Hall–Kier alpha value is -2.40. The van der Waals surface area contributed by atoms with Crippen molar-refractivity contribution in [1.29, 1.82) is 5.26 Å². The Balaban J connectivity index is 2.27. The Morgan fingerprint density at radius 3 is 2.65 bits per heavy atom. The highest BCUT2D eigenvalue weighted by molar-refractivity contribution is 5.82. The van der Waals surface area contributed by atoms with Crippen molar-refractivity contribution in [3.8, 4) is 6.07 Å². The van der Waals surface area contributed by atoms with Crippen LogP contribution in [0.2, 0.25) is 0 Å². The third kappa shape index (κ3) is 1.83. The van der Waals surface area contributed by atoms with E-state index >= 15 is 0 Å². The molecule has 2 aromatic rings. The Morgan fingerprint density at radius 1 is 1.20 bits per heavy atom. The van der Waals surface area contributed by atoms with E-state index in [0.29, 0.717) is 0 Å². The summed E-state index contributed by atoms with van der Waals surface area (Å²) in [5.41, 5.74) is 6.65. The molecular formula is C18H16N2. The number of allylic oxidation sites excluding steroid dienone is 4. The van der Waals surface area contributed by atoms with Gasteiger partial charge in [0.1, 0.15) is 0 Å². The van der Waals surface area contributed by atoms with Crippen LogP contribution < -0.4 is 0 Å². The molecule has 0 spiro atoms. The fraction of sp³-hybridized carbons (Fsp3) is 0.222. The second-order valence-corrected chi connectivity index (χ2v) is 5.43. The van der Waals surface area contributed by atoms with Crippen LogP contribution >= 0.6 is 0 Å². The first-order valence-corrected chi connectivity index (χ1v) is 6.76. The lowest BCUT2D eigenvalue weighted by Crippen LogP contribution is -2.02. The van der Waals surface area contributed by atoms with Crippen molar-refractivity contribution in [3.05, 3.63) is 64.4 Å². The third-order valence-corrected chi connectivity index (χ3v) is 4.16. The molecule has 1 heterocycles. The van der Waals surface area contributed by atoms with Crippen molar-refractivity contribution >= 4 is 10.9 Å². The standard InChI is InChI=1S/C18H16N2/c1-11-7-12(2)18(13(11)3)16-8-14-5-4-6-20-17(14)9-15(16)10-19/h4-9,18H,1-3H3. The maximum absolute atomic E-state index is 9.46. The smallest absolute Gasteiger partial charge is 0.0995 e. The minimum atomic E-state index is 0.231. The lowest BCUT2D eigenvalue weighted by atomic mass is 9.85. The highest BCUT2D eigenvalue weighted by Crippen LogP contribution is 2.41. The van der Waals surface area contributed by atoms with Crippen LogP contribution in [-0.2, 0) is 0 Å². The first-order chi connectivity index (χ1) is 9.61. The zero-order chi connectivity index (χ0) is 14.3. The van der Waals surface area contributed by atoms with E-state index in [9.17, 15) is 5.26 Å². The van der Waals surface area contributed by atoms with Crippen LogP contribution in [0.4, 0.5) is 0 Å². The van der Waals surface area contributed by atoms with Crippen molar-refractivity contribution in [1.82, 2.24) is 4.98 Å². The normalized spacial score (nSPS) is 18.3. The van der Waals surface area contributed by atoms with Gasteiger partial charge in [0, 0.05) is 17.5 Å². The minimum Gasteiger partial charge on any atom is -0.256 e. The predicted octanol–water partition coefficient (Wildman–Crippen LogP) is 4.49. The molecule has 0 saturated carbocycles. The summed E-state index contributed by atoms with van der Waals surface area (Å²) in [6.45, 7) is 6.42. The Bertz CT molecular complexity index is 804. The number of aromatic nitrogens is 1. The average Bonchev–Trinajstić information content (AvgIpc) is 2.70. The first-order valence-electron chi connectivity index (χ1n) is 6.76. The number of pyridine rings is 1. The summed E-state index contributed by atoms with van der Waals surface area (Å²) >= 11 is 0. The van der Waals surface area contributed by atoms with Gasteiger partial charge < -0.3 is 0 Å².